The van der Waals surface area contributed by atoms with Gasteiger partial charge < -0.3 is 10.6 Å². The first-order valence-electron chi connectivity index (χ1n) is 6.93. The summed E-state index contributed by atoms with van der Waals surface area (Å²) >= 11 is 1.67. The van der Waals surface area contributed by atoms with Gasteiger partial charge in [-0.15, -0.1) is 0 Å². The van der Waals surface area contributed by atoms with E-state index in [9.17, 15) is 4.79 Å². The van der Waals surface area contributed by atoms with Gasteiger partial charge in [-0.25, -0.2) is 4.98 Å². The first-order valence-corrected chi connectivity index (χ1v) is 7.74. The van der Waals surface area contributed by atoms with E-state index in [2.05, 4.69) is 22.5 Å². The number of aromatic nitrogens is 1. The van der Waals surface area contributed by atoms with Gasteiger partial charge in [0, 0.05) is 35.1 Å². The van der Waals surface area contributed by atoms with Crippen molar-refractivity contribution in [3.05, 3.63) is 42.6 Å². The zero-order valence-corrected chi connectivity index (χ0v) is 13.0. The van der Waals surface area contributed by atoms with E-state index in [1.54, 1.807) is 11.8 Å². The van der Waals surface area contributed by atoms with Crippen LogP contribution in [0.25, 0.3) is 0 Å². The number of hydrogen-bond donors (Lipinski definition) is 2. The Labute approximate surface area is 129 Å². The van der Waals surface area contributed by atoms with Gasteiger partial charge in [0.25, 0.3) is 0 Å². The van der Waals surface area contributed by atoms with Crippen molar-refractivity contribution in [3.63, 3.8) is 0 Å². The zero-order valence-electron chi connectivity index (χ0n) is 12.2. The molecule has 110 valence electrons. The van der Waals surface area contributed by atoms with Crippen LogP contribution in [-0.2, 0) is 4.79 Å². The number of anilines is 2. The minimum atomic E-state index is -0.0591. The molecule has 1 aromatic carbocycles. The highest BCUT2D eigenvalue weighted by Gasteiger charge is 2.01. The van der Waals surface area contributed by atoms with E-state index in [1.165, 1.54) is 6.92 Å². The molecule has 0 bridgehead atoms. The number of pyridine rings is 1. The van der Waals surface area contributed by atoms with E-state index in [-0.39, 0.29) is 5.91 Å². The summed E-state index contributed by atoms with van der Waals surface area (Å²) in [6.45, 7) is 4.55. The van der Waals surface area contributed by atoms with Crippen molar-refractivity contribution in [2.24, 2.45) is 0 Å². The molecule has 2 N–H and O–H groups in total. The highest BCUT2D eigenvalue weighted by Crippen LogP contribution is 2.29. The van der Waals surface area contributed by atoms with E-state index >= 15 is 0 Å². The predicted molar refractivity (Wildman–Crippen MR) is 87.9 cm³/mol. The quantitative estimate of drug-likeness (QED) is 0.846. The van der Waals surface area contributed by atoms with Gasteiger partial charge in [0.05, 0.1) is 0 Å². The average Bonchev–Trinajstić information content (AvgIpc) is 2.47. The van der Waals surface area contributed by atoms with Crippen LogP contribution in [0.2, 0.25) is 0 Å². The standard InChI is InChI=1S/C16H19N3OS/c1-3-9-17-16-11-15(8-10-18-16)21-14-6-4-13(5-7-14)19-12(2)20/h4-8,10-11H,3,9H2,1-2H3,(H,17,18)(H,19,20). The second-order valence-corrected chi connectivity index (χ2v) is 5.76. The van der Waals surface area contributed by atoms with Crippen molar-refractivity contribution in [1.82, 2.24) is 4.98 Å². The second-order valence-electron chi connectivity index (χ2n) is 4.61. The summed E-state index contributed by atoms with van der Waals surface area (Å²) in [4.78, 5) is 17.5. The number of hydrogen-bond acceptors (Lipinski definition) is 4. The number of carbonyl (C=O) groups excluding carboxylic acids is 1. The minimum Gasteiger partial charge on any atom is -0.370 e. The Balaban J connectivity index is 2.02. The number of nitrogens with zero attached hydrogens (tertiary/aromatic N) is 1. The van der Waals surface area contributed by atoms with E-state index in [4.69, 9.17) is 0 Å². The lowest BCUT2D eigenvalue weighted by Gasteiger charge is -2.07. The molecule has 1 heterocycles. The van der Waals surface area contributed by atoms with E-state index in [1.807, 2.05) is 42.6 Å². The van der Waals surface area contributed by atoms with Crippen molar-refractivity contribution < 1.29 is 4.79 Å². The summed E-state index contributed by atoms with van der Waals surface area (Å²) in [6, 6.07) is 11.8. The van der Waals surface area contributed by atoms with Crippen LogP contribution < -0.4 is 10.6 Å². The summed E-state index contributed by atoms with van der Waals surface area (Å²) in [5.41, 5.74) is 0.812. The third-order valence-corrected chi connectivity index (χ3v) is 3.70. The zero-order chi connectivity index (χ0) is 15.1. The van der Waals surface area contributed by atoms with Crippen molar-refractivity contribution in [2.45, 2.75) is 30.1 Å². The van der Waals surface area contributed by atoms with Gasteiger partial charge in [0.2, 0.25) is 5.91 Å². The van der Waals surface area contributed by atoms with Crippen molar-refractivity contribution in [1.29, 1.82) is 0 Å². The summed E-state index contributed by atoms with van der Waals surface area (Å²) in [6.07, 6.45) is 2.88. The third kappa shape index (κ3) is 5.11. The Bertz CT molecular complexity index is 599. The van der Waals surface area contributed by atoms with Crippen LogP contribution in [0.4, 0.5) is 11.5 Å². The molecule has 0 aliphatic carbocycles. The Kier molecular flexibility index (Phi) is 5.63. The molecule has 0 saturated heterocycles. The minimum absolute atomic E-state index is 0.0591. The van der Waals surface area contributed by atoms with Crippen LogP contribution >= 0.6 is 11.8 Å². The van der Waals surface area contributed by atoms with Crippen LogP contribution in [0.1, 0.15) is 20.3 Å². The molecule has 2 rings (SSSR count). The maximum atomic E-state index is 11.0. The molecule has 0 saturated carbocycles. The van der Waals surface area contributed by atoms with Gasteiger partial charge in [-0.05, 0) is 42.8 Å². The lowest BCUT2D eigenvalue weighted by Crippen LogP contribution is -2.05. The second kappa shape index (κ2) is 7.69. The maximum Gasteiger partial charge on any atom is 0.221 e. The number of carbonyl (C=O) groups is 1. The summed E-state index contributed by atoms with van der Waals surface area (Å²) in [5, 5.41) is 6.04. The SMILES string of the molecule is CCCNc1cc(Sc2ccc(NC(C)=O)cc2)ccn1. The molecule has 0 radical (unpaired) electrons. The van der Waals surface area contributed by atoms with E-state index < -0.39 is 0 Å². The van der Waals surface area contributed by atoms with E-state index in [0.717, 1.165) is 34.3 Å². The van der Waals surface area contributed by atoms with Gasteiger partial charge in [0.15, 0.2) is 0 Å². The predicted octanol–water partition coefficient (Wildman–Crippen LogP) is 4.01. The van der Waals surface area contributed by atoms with Crippen molar-refractivity contribution in [3.8, 4) is 0 Å². The summed E-state index contributed by atoms with van der Waals surface area (Å²) < 4.78 is 0. The molecule has 0 spiro atoms. The molecule has 0 aliphatic rings. The largest absolute Gasteiger partial charge is 0.370 e. The van der Waals surface area contributed by atoms with Crippen LogP contribution in [0.5, 0.6) is 0 Å². The molecule has 0 unspecified atom stereocenters. The maximum absolute atomic E-state index is 11.0. The highest BCUT2D eigenvalue weighted by molar-refractivity contribution is 7.99. The first-order chi connectivity index (χ1) is 10.2. The Morgan fingerprint density at radius 2 is 1.95 bits per heavy atom. The third-order valence-electron chi connectivity index (χ3n) is 2.70. The number of nitrogens with one attached hydrogen (secondary N) is 2. The molecule has 0 fully saturated rings. The fraction of sp³-hybridized carbons (Fsp3) is 0.250. The van der Waals surface area contributed by atoms with Crippen molar-refractivity contribution in [2.75, 3.05) is 17.2 Å². The molecule has 2 aromatic rings. The normalized spacial score (nSPS) is 10.2. The molecule has 0 atom stereocenters. The number of benzene rings is 1. The Morgan fingerprint density at radius 3 is 2.62 bits per heavy atom. The molecular formula is C16H19N3OS. The van der Waals surface area contributed by atoms with Crippen LogP contribution in [0, 0.1) is 0 Å². The first kappa shape index (κ1) is 15.4. The van der Waals surface area contributed by atoms with Gasteiger partial charge >= 0.3 is 0 Å². The lowest BCUT2D eigenvalue weighted by atomic mass is 10.3. The monoisotopic (exact) mass is 301 g/mol. The molecule has 1 amide bonds. The van der Waals surface area contributed by atoms with Crippen LogP contribution in [-0.4, -0.2) is 17.4 Å². The number of amides is 1. The molecule has 4 nitrogen and oxygen atoms in total. The molecule has 1 aromatic heterocycles. The topological polar surface area (TPSA) is 54.0 Å². The Hall–Kier alpha value is -2.01. The van der Waals surface area contributed by atoms with Crippen molar-refractivity contribution >= 4 is 29.2 Å². The summed E-state index contributed by atoms with van der Waals surface area (Å²) in [5.74, 6) is 0.841. The van der Waals surface area contributed by atoms with Gasteiger partial charge in [-0.1, -0.05) is 18.7 Å². The van der Waals surface area contributed by atoms with Crippen LogP contribution in [0.3, 0.4) is 0 Å². The molecule has 0 aliphatic heterocycles. The molecular weight excluding hydrogens is 282 g/mol. The molecule has 5 heteroatoms. The van der Waals surface area contributed by atoms with E-state index in [0.29, 0.717) is 0 Å². The van der Waals surface area contributed by atoms with Gasteiger partial charge in [-0.2, -0.15) is 0 Å². The Morgan fingerprint density at radius 1 is 1.19 bits per heavy atom. The lowest BCUT2D eigenvalue weighted by molar-refractivity contribution is -0.114. The smallest absolute Gasteiger partial charge is 0.221 e. The molecule has 21 heavy (non-hydrogen) atoms. The van der Waals surface area contributed by atoms with Crippen LogP contribution in [0.15, 0.2) is 52.4 Å². The average molecular weight is 301 g/mol. The fourth-order valence-electron chi connectivity index (χ4n) is 1.77. The number of rotatable bonds is 6. The highest BCUT2D eigenvalue weighted by atomic mass is 32.2. The van der Waals surface area contributed by atoms with Gasteiger partial charge in [0.1, 0.15) is 5.82 Å². The summed E-state index contributed by atoms with van der Waals surface area (Å²) in [7, 11) is 0. The fourth-order valence-corrected chi connectivity index (χ4v) is 2.61. The van der Waals surface area contributed by atoms with Gasteiger partial charge in [-0.3, -0.25) is 4.79 Å².